The number of nitrogens with two attached hydrogens (primary N) is 1. The smallest absolute Gasteiger partial charge is 0.243 e. The molecule has 2 aromatic carbocycles. The highest BCUT2D eigenvalue weighted by molar-refractivity contribution is 5.91. The minimum Gasteiger partial charge on any atom is -0.368 e. The van der Waals surface area contributed by atoms with E-state index in [1.54, 1.807) is 31.5 Å². The zero-order valence-corrected chi connectivity index (χ0v) is 18.5. The van der Waals surface area contributed by atoms with Crippen LogP contribution in [0.4, 0.5) is 0 Å². The van der Waals surface area contributed by atoms with Crippen molar-refractivity contribution in [3.8, 4) is 11.1 Å². The first kappa shape index (κ1) is 23.7. The van der Waals surface area contributed by atoms with Crippen molar-refractivity contribution in [2.24, 2.45) is 5.73 Å². The first-order valence-corrected chi connectivity index (χ1v) is 10.9. The lowest BCUT2D eigenvalue weighted by Crippen LogP contribution is -2.54. The summed E-state index contributed by atoms with van der Waals surface area (Å²) in [5, 5.41) is 5.44. The number of pyridine rings is 1. The van der Waals surface area contributed by atoms with Crippen molar-refractivity contribution in [1.29, 1.82) is 0 Å². The van der Waals surface area contributed by atoms with Crippen molar-refractivity contribution in [3.05, 3.63) is 90.3 Å². The van der Waals surface area contributed by atoms with E-state index in [1.807, 2.05) is 54.6 Å². The molecule has 0 saturated carbocycles. The van der Waals surface area contributed by atoms with Crippen LogP contribution in [0.25, 0.3) is 11.1 Å². The monoisotopic (exact) mass is 444 g/mol. The molecule has 3 amide bonds. The van der Waals surface area contributed by atoms with Gasteiger partial charge in [0.15, 0.2) is 0 Å². The van der Waals surface area contributed by atoms with Gasteiger partial charge in [0, 0.05) is 31.7 Å². The highest BCUT2D eigenvalue weighted by Gasteiger charge is 2.26. The average molecular weight is 445 g/mol. The summed E-state index contributed by atoms with van der Waals surface area (Å²) >= 11 is 0. The Morgan fingerprint density at radius 2 is 1.36 bits per heavy atom. The fourth-order valence-electron chi connectivity index (χ4n) is 3.45. The number of hydrogen-bond donors (Lipinski definition) is 3. The lowest BCUT2D eigenvalue weighted by atomic mass is 10.00. The summed E-state index contributed by atoms with van der Waals surface area (Å²) in [5.74, 6) is -1.35. The second-order valence-electron chi connectivity index (χ2n) is 7.76. The van der Waals surface area contributed by atoms with Gasteiger partial charge in [-0.25, -0.2) is 0 Å². The van der Waals surface area contributed by atoms with E-state index in [9.17, 15) is 14.4 Å². The summed E-state index contributed by atoms with van der Waals surface area (Å²) in [6, 6.07) is 19.5. The molecule has 0 bridgehead atoms. The van der Waals surface area contributed by atoms with Crippen LogP contribution in [-0.4, -0.2) is 34.8 Å². The van der Waals surface area contributed by atoms with Crippen molar-refractivity contribution < 1.29 is 14.4 Å². The van der Waals surface area contributed by atoms with Gasteiger partial charge in [0.1, 0.15) is 12.1 Å². The summed E-state index contributed by atoms with van der Waals surface area (Å²) < 4.78 is 0. The minimum atomic E-state index is -0.904. The number of nitrogens with zero attached hydrogens (tertiary/aromatic N) is 1. The Labute approximate surface area is 193 Å². The zero-order valence-electron chi connectivity index (χ0n) is 18.5. The largest absolute Gasteiger partial charge is 0.368 e. The van der Waals surface area contributed by atoms with Gasteiger partial charge in [0.25, 0.3) is 0 Å². The first-order valence-electron chi connectivity index (χ1n) is 10.9. The third kappa shape index (κ3) is 7.00. The van der Waals surface area contributed by atoms with Crippen LogP contribution in [0.2, 0.25) is 0 Å². The van der Waals surface area contributed by atoms with Crippen molar-refractivity contribution >= 4 is 17.7 Å². The Balaban J connectivity index is 1.70. The summed E-state index contributed by atoms with van der Waals surface area (Å²) in [7, 11) is 0. The van der Waals surface area contributed by atoms with E-state index in [1.165, 1.54) is 0 Å². The maximum absolute atomic E-state index is 13.0. The number of aromatic nitrogens is 1. The van der Waals surface area contributed by atoms with Gasteiger partial charge >= 0.3 is 0 Å². The Hall–Kier alpha value is -4.00. The molecular weight excluding hydrogens is 416 g/mol. The Morgan fingerprint density at radius 1 is 0.788 bits per heavy atom. The molecule has 170 valence electrons. The molecule has 0 saturated heterocycles. The molecule has 3 aromatic rings. The van der Waals surface area contributed by atoms with Gasteiger partial charge in [-0.05, 0) is 34.4 Å². The Morgan fingerprint density at radius 3 is 1.97 bits per heavy atom. The van der Waals surface area contributed by atoms with E-state index >= 15 is 0 Å². The standard InChI is InChI=1S/C26H28N4O3/c1-2-24(31)29-23(17-19-12-14-28-15-13-19)26(33)30-22(25(27)32)16-18-8-10-21(11-9-18)20-6-4-3-5-7-20/h3-15,22-23H,2,16-17H2,1H3,(H2,27,32)(H,29,31)(H,30,33)/t22-,23+/m1/s1. The second kappa shape index (κ2) is 11.6. The molecule has 7 heteroatoms. The van der Waals surface area contributed by atoms with E-state index in [2.05, 4.69) is 15.6 Å². The summed E-state index contributed by atoms with van der Waals surface area (Å²) in [6.45, 7) is 1.71. The number of benzene rings is 2. The predicted molar refractivity (Wildman–Crippen MR) is 127 cm³/mol. The highest BCUT2D eigenvalue weighted by atomic mass is 16.2. The summed E-state index contributed by atoms with van der Waals surface area (Å²) in [5.41, 5.74) is 9.44. The number of carbonyl (C=O) groups excluding carboxylic acids is 3. The zero-order chi connectivity index (χ0) is 23.6. The SMILES string of the molecule is CCC(=O)N[C@@H](Cc1ccncc1)C(=O)N[C@H](Cc1ccc(-c2ccccc2)cc1)C(N)=O. The number of nitrogens with one attached hydrogen (secondary N) is 2. The molecule has 4 N–H and O–H groups in total. The van der Waals surface area contributed by atoms with Crippen molar-refractivity contribution in [2.45, 2.75) is 38.3 Å². The maximum atomic E-state index is 13.0. The number of hydrogen-bond acceptors (Lipinski definition) is 4. The Kier molecular flexibility index (Phi) is 8.30. The third-order valence-corrected chi connectivity index (χ3v) is 5.32. The van der Waals surface area contributed by atoms with Gasteiger partial charge in [-0.15, -0.1) is 0 Å². The number of amides is 3. The van der Waals surface area contributed by atoms with Crippen LogP contribution in [-0.2, 0) is 27.2 Å². The van der Waals surface area contributed by atoms with Crippen LogP contribution >= 0.6 is 0 Å². The fraction of sp³-hybridized carbons (Fsp3) is 0.231. The molecule has 7 nitrogen and oxygen atoms in total. The van der Waals surface area contributed by atoms with Crippen LogP contribution < -0.4 is 16.4 Å². The van der Waals surface area contributed by atoms with Gasteiger partial charge in [-0.3, -0.25) is 19.4 Å². The normalized spacial score (nSPS) is 12.4. The van der Waals surface area contributed by atoms with Gasteiger partial charge in [0.05, 0.1) is 0 Å². The third-order valence-electron chi connectivity index (χ3n) is 5.32. The molecule has 0 aliphatic rings. The number of carbonyl (C=O) groups is 3. The molecule has 0 radical (unpaired) electrons. The van der Waals surface area contributed by atoms with Gasteiger partial charge in [-0.1, -0.05) is 61.5 Å². The molecule has 0 spiro atoms. The molecule has 2 atom stereocenters. The lowest BCUT2D eigenvalue weighted by molar-refractivity contribution is -0.131. The van der Waals surface area contributed by atoms with Crippen molar-refractivity contribution in [2.75, 3.05) is 0 Å². The minimum absolute atomic E-state index is 0.243. The number of primary amides is 1. The molecule has 0 fully saturated rings. The van der Waals surface area contributed by atoms with E-state index in [-0.39, 0.29) is 25.2 Å². The van der Waals surface area contributed by atoms with Gasteiger partial charge in [0.2, 0.25) is 17.7 Å². The van der Waals surface area contributed by atoms with Crippen molar-refractivity contribution in [1.82, 2.24) is 15.6 Å². The quantitative estimate of drug-likeness (QED) is 0.445. The first-order chi connectivity index (χ1) is 16.0. The molecule has 0 unspecified atom stereocenters. The average Bonchev–Trinajstić information content (AvgIpc) is 2.84. The van der Waals surface area contributed by atoms with Crippen LogP contribution in [0.1, 0.15) is 24.5 Å². The van der Waals surface area contributed by atoms with Crippen LogP contribution in [0.15, 0.2) is 79.1 Å². The van der Waals surface area contributed by atoms with Crippen LogP contribution in [0.5, 0.6) is 0 Å². The summed E-state index contributed by atoms with van der Waals surface area (Å²) in [4.78, 5) is 41.0. The lowest BCUT2D eigenvalue weighted by Gasteiger charge is -2.22. The molecule has 33 heavy (non-hydrogen) atoms. The van der Waals surface area contributed by atoms with Gasteiger partial charge in [-0.2, -0.15) is 0 Å². The van der Waals surface area contributed by atoms with E-state index in [0.29, 0.717) is 0 Å². The topological polar surface area (TPSA) is 114 Å². The molecule has 1 aromatic heterocycles. The maximum Gasteiger partial charge on any atom is 0.243 e. The van der Waals surface area contributed by atoms with Crippen LogP contribution in [0, 0.1) is 0 Å². The van der Waals surface area contributed by atoms with Crippen molar-refractivity contribution in [3.63, 3.8) is 0 Å². The van der Waals surface area contributed by atoms with Crippen LogP contribution in [0.3, 0.4) is 0 Å². The molecule has 0 aliphatic carbocycles. The van der Waals surface area contributed by atoms with E-state index < -0.39 is 23.9 Å². The predicted octanol–water partition coefficient (Wildman–Crippen LogP) is 2.40. The van der Waals surface area contributed by atoms with E-state index in [0.717, 1.165) is 22.3 Å². The molecule has 1 heterocycles. The number of rotatable bonds is 10. The fourth-order valence-corrected chi connectivity index (χ4v) is 3.45. The summed E-state index contributed by atoms with van der Waals surface area (Å²) in [6.07, 6.45) is 4.01. The molecule has 3 rings (SSSR count). The molecular formula is C26H28N4O3. The second-order valence-corrected chi connectivity index (χ2v) is 7.76. The molecule has 0 aliphatic heterocycles. The Bertz CT molecular complexity index is 1070. The highest BCUT2D eigenvalue weighted by Crippen LogP contribution is 2.19. The van der Waals surface area contributed by atoms with E-state index in [4.69, 9.17) is 5.73 Å². The van der Waals surface area contributed by atoms with Gasteiger partial charge < -0.3 is 16.4 Å².